The highest BCUT2D eigenvalue weighted by Crippen LogP contribution is 2.27. The molecule has 0 aliphatic rings. The first-order chi connectivity index (χ1) is 8.77. The maximum atomic E-state index is 6.00. The lowest BCUT2D eigenvalue weighted by molar-refractivity contribution is 0.496. The molecule has 1 rings (SSSR count). The molecule has 0 saturated heterocycles. The zero-order valence-electron chi connectivity index (χ0n) is 11.7. The van der Waals surface area contributed by atoms with Gasteiger partial charge in [0.05, 0.1) is 16.9 Å². The maximum Gasteiger partial charge on any atom is 0.0682 e. The molecule has 0 amide bonds. The number of hydrogen-bond donors (Lipinski definition) is 0. The van der Waals surface area contributed by atoms with E-state index in [1.54, 1.807) is 6.20 Å². The van der Waals surface area contributed by atoms with Crippen LogP contribution in [0.5, 0.6) is 0 Å². The summed E-state index contributed by atoms with van der Waals surface area (Å²) < 4.78 is 0. The molecule has 0 aliphatic heterocycles. The van der Waals surface area contributed by atoms with E-state index in [4.69, 9.17) is 11.6 Å². The summed E-state index contributed by atoms with van der Waals surface area (Å²) in [6, 6.07) is 1.98. The van der Waals surface area contributed by atoms with Gasteiger partial charge in [0.25, 0.3) is 0 Å². The average molecular weight is 269 g/mol. The van der Waals surface area contributed by atoms with Crippen molar-refractivity contribution in [1.82, 2.24) is 10.2 Å². The first-order valence-electron chi connectivity index (χ1n) is 7.26. The van der Waals surface area contributed by atoms with Crippen LogP contribution in [-0.4, -0.2) is 10.2 Å². The largest absolute Gasteiger partial charge is 0.157 e. The number of rotatable bonds is 9. The SMILES string of the molecule is CCCCCCC(CCCC)c1cc(Cl)cnn1. The lowest BCUT2D eigenvalue weighted by Gasteiger charge is -2.15. The lowest BCUT2D eigenvalue weighted by atomic mass is 9.92. The summed E-state index contributed by atoms with van der Waals surface area (Å²) in [7, 11) is 0. The summed E-state index contributed by atoms with van der Waals surface area (Å²) in [5, 5.41) is 8.94. The van der Waals surface area contributed by atoms with Crippen molar-refractivity contribution >= 4 is 11.6 Å². The van der Waals surface area contributed by atoms with Crippen LogP contribution in [-0.2, 0) is 0 Å². The Morgan fingerprint density at radius 3 is 2.44 bits per heavy atom. The fourth-order valence-electron chi connectivity index (χ4n) is 2.27. The van der Waals surface area contributed by atoms with Crippen molar-refractivity contribution in [3.8, 4) is 0 Å². The van der Waals surface area contributed by atoms with Gasteiger partial charge in [-0.3, -0.25) is 0 Å². The molecule has 1 aromatic rings. The van der Waals surface area contributed by atoms with E-state index >= 15 is 0 Å². The third-order valence-electron chi connectivity index (χ3n) is 3.37. The molecule has 0 radical (unpaired) electrons. The van der Waals surface area contributed by atoms with Gasteiger partial charge in [-0.05, 0) is 18.9 Å². The average Bonchev–Trinajstić information content (AvgIpc) is 2.38. The smallest absolute Gasteiger partial charge is 0.0682 e. The predicted octanol–water partition coefficient (Wildman–Crippen LogP) is 5.37. The Hall–Kier alpha value is -0.630. The van der Waals surface area contributed by atoms with Gasteiger partial charge in [0.2, 0.25) is 0 Å². The van der Waals surface area contributed by atoms with Crippen LogP contribution in [0.3, 0.4) is 0 Å². The van der Waals surface area contributed by atoms with Crippen LogP contribution in [0.15, 0.2) is 12.3 Å². The third-order valence-corrected chi connectivity index (χ3v) is 3.58. The summed E-state index contributed by atoms with van der Waals surface area (Å²) >= 11 is 6.00. The van der Waals surface area contributed by atoms with Crippen molar-refractivity contribution in [3.63, 3.8) is 0 Å². The van der Waals surface area contributed by atoms with Crippen LogP contribution in [0, 0.1) is 0 Å². The first-order valence-corrected chi connectivity index (χ1v) is 7.63. The van der Waals surface area contributed by atoms with Gasteiger partial charge in [-0.15, -0.1) is 0 Å². The molecule has 0 spiro atoms. The zero-order valence-corrected chi connectivity index (χ0v) is 12.4. The van der Waals surface area contributed by atoms with Crippen LogP contribution < -0.4 is 0 Å². The molecule has 0 aromatic carbocycles. The fraction of sp³-hybridized carbons (Fsp3) is 0.733. The summed E-state index contributed by atoms with van der Waals surface area (Å²) in [4.78, 5) is 0. The van der Waals surface area contributed by atoms with Gasteiger partial charge in [0.1, 0.15) is 0 Å². The molecule has 18 heavy (non-hydrogen) atoms. The van der Waals surface area contributed by atoms with Gasteiger partial charge in [-0.2, -0.15) is 10.2 Å². The van der Waals surface area contributed by atoms with Crippen LogP contribution in [0.1, 0.15) is 76.8 Å². The maximum absolute atomic E-state index is 6.00. The molecule has 102 valence electrons. The van der Waals surface area contributed by atoms with Crippen LogP contribution in [0.25, 0.3) is 0 Å². The molecule has 1 atom stereocenters. The lowest BCUT2D eigenvalue weighted by Crippen LogP contribution is -2.03. The Balaban J connectivity index is 2.54. The fourth-order valence-corrected chi connectivity index (χ4v) is 2.42. The van der Waals surface area contributed by atoms with Crippen molar-refractivity contribution in [3.05, 3.63) is 23.0 Å². The second kappa shape index (κ2) is 9.32. The molecule has 1 heterocycles. The van der Waals surface area contributed by atoms with Gasteiger partial charge in [-0.1, -0.05) is 64.0 Å². The van der Waals surface area contributed by atoms with E-state index in [2.05, 4.69) is 24.0 Å². The van der Waals surface area contributed by atoms with E-state index in [9.17, 15) is 0 Å². The van der Waals surface area contributed by atoms with Crippen LogP contribution in [0.4, 0.5) is 0 Å². The number of hydrogen-bond acceptors (Lipinski definition) is 2. The molecule has 0 aliphatic carbocycles. The molecule has 0 fully saturated rings. The Morgan fingerprint density at radius 2 is 1.78 bits per heavy atom. The van der Waals surface area contributed by atoms with Gasteiger partial charge in [0, 0.05) is 5.92 Å². The molecule has 1 unspecified atom stereocenters. The molecule has 0 bridgehead atoms. The van der Waals surface area contributed by atoms with Crippen molar-refractivity contribution < 1.29 is 0 Å². The topological polar surface area (TPSA) is 25.8 Å². The number of unbranched alkanes of at least 4 members (excludes halogenated alkanes) is 4. The van der Waals surface area contributed by atoms with E-state index < -0.39 is 0 Å². The minimum atomic E-state index is 0.535. The predicted molar refractivity (Wildman–Crippen MR) is 78.1 cm³/mol. The van der Waals surface area contributed by atoms with E-state index in [0.29, 0.717) is 10.9 Å². The Labute approximate surface area is 116 Å². The highest BCUT2D eigenvalue weighted by molar-refractivity contribution is 6.30. The minimum absolute atomic E-state index is 0.535. The first kappa shape index (κ1) is 15.4. The second-order valence-corrected chi connectivity index (χ2v) is 5.42. The highest BCUT2D eigenvalue weighted by Gasteiger charge is 2.13. The molecule has 0 N–H and O–H groups in total. The molecule has 0 saturated carbocycles. The van der Waals surface area contributed by atoms with Gasteiger partial charge in [-0.25, -0.2) is 0 Å². The summed E-state index contributed by atoms with van der Waals surface area (Å²) in [5.74, 6) is 0.535. The van der Waals surface area contributed by atoms with Gasteiger partial charge >= 0.3 is 0 Å². The monoisotopic (exact) mass is 268 g/mol. The van der Waals surface area contributed by atoms with Crippen molar-refractivity contribution in [2.24, 2.45) is 0 Å². The number of aromatic nitrogens is 2. The third kappa shape index (κ3) is 5.81. The van der Waals surface area contributed by atoms with Crippen LogP contribution >= 0.6 is 11.6 Å². The highest BCUT2D eigenvalue weighted by atomic mass is 35.5. The zero-order chi connectivity index (χ0) is 13.2. The molecule has 2 nitrogen and oxygen atoms in total. The van der Waals surface area contributed by atoms with Crippen LogP contribution in [0.2, 0.25) is 5.02 Å². The van der Waals surface area contributed by atoms with Gasteiger partial charge in [0.15, 0.2) is 0 Å². The summed E-state index contributed by atoms with van der Waals surface area (Å²) in [6.07, 6.45) is 11.8. The Morgan fingerprint density at radius 1 is 1.06 bits per heavy atom. The standard InChI is InChI=1S/C15H25ClN2/c1-3-5-7-8-10-13(9-6-4-2)15-11-14(16)12-17-18-15/h11-13H,3-10H2,1-2H3. The normalized spacial score (nSPS) is 12.6. The summed E-state index contributed by atoms with van der Waals surface area (Å²) in [5.41, 5.74) is 1.08. The number of halogens is 1. The van der Waals surface area contributed by atoms with Gasteiger partial charge < -0.3 is 0 Å². The number of nitrogens with zero attached hydrogens (tertiary/aromatic N) is 2. The minimum Gasteiger partial charge on any atom is -0.157 e. The second-order valence-electron chi connectivity index (χ2n) is 4.99. The van der Waals surface area contributed by atoms with Crippen molar-refractivity contribution in [1.29, 1.82) is 0 Å². The molecular formula is C15H25ClN2. The summed E-state index contributed by atoms with van der Waals surface area (Å²) in [6.45, 7) is 4.48. The van der Waals surface area contributed by atoms with E-state index in [0.717, 1.165) is 5.69 Å². The van der Waals surface area contributed by atoms with E-state index in [-0.39, 0.29) is 0 Å². The quantitative estimate of drug-likeness (QED) is 0.562. The van der Waals surface area contributed by atoms with E-state index in [1.807, 2.05) is 6.07 Å². The van der Waals surface area contributed by atoms with Crippen molar-refractivity contribution in [2.75, 3.05) is 0 Å². The Kier molecular flexibility index (Phi) is 7.99. The molecular weight excluding hydrogens is 244 g/mol. The van der Waals surface area contributed by atoms with Crippen molar-refractivity contribution in [2.45, 2.75) is 71.1 Å². The Bertz CT molecular complexity index is 328. The molecule has 1 aromatic heterocycles. The molecule has 3 heteroatoms. The van der Waals surface area contributed by atoms with E-state index in [1.165, 1.54) is 51.4 Å².